The molecule has 5 heteroatoms. The normalized spacial score (nSPS) is 19.9. The minimum absolute atomic E-state index is 0.304. The van der Waals surface area contributed by atoms with Crippen molar-refractivity contribution in [2.75, 3.05) is 25.1 Å². The van der Waals surface area contributed by atoms with Crippen molar-refractivity contribution in [1.29, 1.82) is 0 Å². The van der Waals surface area contributed by atoms with E-state index < -0.39 is 0 Å². The number of alkyl halides is 1. The standard InChI is InChI=1S/C13H16ClN3O/c1-18-10-5-7-16(9-10)13-11(8-14)17-6-3-2-4-12(17)15-13/h2-4,6,10H,5,7-9H2,1H3. The van der Waals surface area contributed by atoms with Crippen LogP contribution in [0.15, 0.2) is 24.4 Å². The van der Waals surface area contributed by atoms with Gasteiger partial charge in [0.05, 0.1) is 17.7 Å². The van der Waals surface area contributed by atoms with Gasteiger partial charge in [-0.2, -0.15) is 0 Å². The van der Waals surface area contributed by atoms with Crippen LogP contribution in [0.25, 0.3) is 5.65 Å². The van der Waals surface area contributed by atoms with Gasteiger partial charge in [0.1, 0.15) is 5.65 Å². The molecule has 0 saturated carbocycles. The molecule has 1 unspecified atom stereocenters. The second kappa shape index (κ2) is 4.78. The molecule has 1 saturated heterocycles. The largest absolute Gasteiger partial charge is 0.380 e. The molecule has 0 spiro atoms. The second-order valence-corrected chi connectivity index (χ2v) is 4.80. The van der Waals surface area contributed by atoms with Gasteiger partial charge < -0.3 is 14.0 Å². The number of halogens is 1. The number of imidazole rings is 1. The van der Waals surface area contributed by atoms with Crippen molar-refractivity contribution in [2.45, 2.75) is 18.4 Å². The summed E-state index contributed by atoms with van der Waals surface area (Å²) in [4.78, 5) is 6.95. The zero-order valence-corrected chi connectivity index (χ0v) is 11.1. The molecule has 96 valence electrons. The smallest absolute Gasteiger partial charge is 0.152 e. The maximum Gasteiger partial charge on any atom is 0.152 e. The first kappa shape index (κ1) is 11.8. The number of methoxy groups -OCH3 is 1. The van der Waals surface area contributed by atoms with Gasteiger partial charge in [0.25, 0.3) is 0 Å². The van der Waals surface area contributed by atoms with Gasteiger partial charge >= 0.3 is 0 Å². The molecule has 0 amide bonds. The quantitative estimate of drug-likeness (QED) is 0.798. The van der Waals surface area contributed by atoms with Crippen molar-refractivity contribution >= 4 is 23.1 Å². The van der Waals surface area contributed by atoms with E-state index in [1.165, 1.54) is 0 Å². The summed E-state index contributed by atoms with van der Waals surface area (Å²) in [5.74, 6) is 1.46. The lowest BCUT2D eigenvalue weighted by atomic mass is 10.3. The fourth-order valence-electron chi connectivity index (χ4n) is 2.52. The Hall–Kier alpha value is -1.26. The van der Waals surface area contributed by atoms with Gasteiger partial charge in [-0.1, -0.05) is 6.07 Å². The van der Waals surface area contributed by atoms with Gasteiger partial charge in [-0.05, 0) is 18.6 Å². The molecule has 1 aliphatic heterocycles. The summed E-state index contributed by atoms with van der Waals surface area (Å²) in [7, 11) is 1.76. The van der Waals surface area contributed by atoms with Crippen molar-refractivity contribution in [1.82, 2.24) is 9.38 Å². The third kappa shape index (κ3) is 1.85. The monoisotopic (exact) mass is 265 g/mol. The predicted molar refractivity (Wildman–Crippen MR) is 72.4 cm³/mol. The van der Waals surface area contributed by atoms with Crippen LogP contribution in [0.4, 0.5) is 5.82 Å². The molecular weight excluding hydrogens is 250 g/mol. The molecule has 4 nitrogen and oxygen atoms in total. The summed E-state index contributed by atoms with van der Waals surface area (Å²) in [6, 6.07) is 5.99. The first-order valence-electron chi connectivity index (χ1n) is 6.13. The number of hydrogen-bond donors (Lipinski definition) is 0. The fraction of sp³-hybridized carbons (Fsp3) is 0.462. The molecule has 1 aliphatic rings. The van der Waals surface area contributed by atoms with Crippen LogP contribution in [0.1, 0.15) is 12.1 Å². The van der Waals surface area contributed by atoms with Crippen molar-refractivity contribution in [3.63, 3.8) is 0 Å². The Labute approximate surface area is 111 Å². The lowest BCUT2D eigenvalue weighted by Crippen LogP contribution is -2.23. The molecule has 18 heavy (non-hydrogen) atoms. The van der Waals surface area contributed by atoms with E-state index in [0.29, 0.717) is 12.0 Å². The second-order valence-electron chi connectivity index (χ2n) is 4.54. The summed E-state index contributed by atoms with van der Waals surface area (Å²) in [6.45, 7) is 1.87. The lowest BCUT2D eigenvalue weighted by Gasteiger charge is -2.16. The number of anilines is 1. The summed E-state index contributed by atoms with van der Waals surface area (Å²) < 4.78 is 7.46. The molecule has 1 atom stereocenters. The Kier molecular flexibility index (Phi) is 3.14. The summed E-state index contributed by atoms with van der Waals surface area (Å²) in [5.41, 5.74) is 2.01. The highest BCUT2D eigenvalue weighted by Gasteiger charge is 2.26. The zero-order valence-electron chi connectivity index (χ0n) is 10.3. The highest BCUT2D eigenvalue weighted by Crippen LogP contribution is 2.27. The fourth-order valence-corrected chi connectivity index (χ4v) is 2.77. The number of pyridine rings is 1. The van der Waals surface area contributed by atoms with E-state index >= 15 is 0 Å². The summed E-state index contributed by atoms with van der Waals surface area (Å²) in [6.07, 6.45) is 3.36. The molecule has 0 aliphatic carbocycles. The maximum atomic E-state index is 6.08. The minimum atomic E-state index is 0.304. The van der Waals surface area contributed by atoms with Crippen LogP contribution in [0.3, 0.4) is 0 Å². The van der Waals surface area contributed by atoms with Crippen molar-refractivity contribution in [3.05, 3.63) is 30.1 Å². The molecule has 3 rings (SSSR count). The molecule has 0 radical (unpaired) electrons. The number of nitrogens with zero attached hydrogens (tertiary/aromatic N) is 3. The van der Waals surface area contributed by atoms with E-state index in [9.17, 15) is 0 Å². The van der Waals surface area contributed by atoms with Gasteiger partial charge in [0.15, 0.2) is 5.82 Å². The van der Waals surface area contributed by atoms with Crippen LogP contribution in [0.2, 0.25) is 0 Å². The van der Waals surface area contributed by atoms with Gasteiger partial charge in [0, 0.05) is 26.4 Å². The van der Waals surface area contributed by atoms with Crippen LogP contribution in [-0.2, 0) is 10.6 Å². The van der Waals surface area contributed by atoms with Crippen molar-refractivity contribution < 1.29 is 4.74 Å². The zero-order chi connectivity index (χ0) is 12.5. The van der Waals surface area contributed by atoms with E-state index in [-0.39, 0.29) is 0 Å². The van der Waals surface area contributed by atoms with E-state index in [1.54, 1.807) is 7.11 Å². The number of ether oxygens (including phenoxy) is 1. The van der Waals surface area contributed by atoms with Crippen LogP contribution in [0, 0.1) is 0 Å². The van der Waals surface area contributed by atoms with E-state index in [2.05, 4.69) is 14.3 Å². The van der Waals surface area contributed by atoms with Crippen molar-refractivity contribution in [3.8, 4) is 0 Å². The molecule has 3 heterocycles. The minimum Gasteiger partial charge on any atom is -0.380 e. The lowest BCUT2D eigenvalue weighted by molar-refractivity contribution is 0.121. The molecular formula is C13H16ClN3O. The predicted octanol–water partition coefficient (Wildman–Crippen LogP) is 2.30. The van der Waals surface area contributed by atoms with Crippen LogP contribution >= 0.6 is 11.6 Å². The number of rotatable bonds is 3. The summed E-state index contributed by atoms with van der Waals surface area (Å²) >= 11 is 6.08. The average molecular weight is 266 g/mol. The first-order valence-corrected chi connectivity index (χ1v) is 6.66. The Bertz CT molecular complexity index is 554. The van der Waals surface area contributed by atoms with Crippen LogP contribution < -0.4 is 4.90 Å². The highest BCUT2D eigenvalue weighted by molar-refractivity contribution is 6.17. The van der Waals surface area contributed by atoms with E-state index in [4.69, 9.17) is 16.3 Å². The SMILES string of the molecule is COC1CCN(c2nc3ccccn3c2CCl)C1. The van der Waals surface area contributed by atoms with Gasteiger partial charge in [-0.25, -0.2) is 4.98 Å². The third-order valence-corrected chi connectivity index (χ3v) is 3.77. The Morgan fingerprint density at radius 1 is 1.50 bits per heavy atom. The Morgan fingerprint density at radius 2 is 2.39 bits per heavy atom. The Balaban J connectivity index is 2.01. The topological polar surface area (TPSA) is 29.8 Å². The molecule has 1 fully saturated rings. The Morgan fingerprint density at radius 3 is 3.11 bits per heavy atom. The maximum absolute atomic E-state index is 6.08. The van der Waals surface area contributed by atoms with Crippen molar-refractivity contribution in [2.24, 2.45) is 0 Å². The molecule has 0 bridgehead atoms. The molecule has 2 aromatic heterocycles. The van der Waals surface area contributed by atoms with Gasteiger partial charge in [-0.3, -0.25) is 0 Å². The highest BCUT2D eigenvalue weighted by atomic mass is 35.5. The summed E-state index contributed by atoms with van der Waals surface area (Å²) in [5, 5.41) is 0. The number of aromatic nitrogens is 2. The number of hydrogen-bond acceptors (Lipinski definition) is 3. The molecule has 2 aromatic rings. The number of fused-ring (bicyclic) bond motifs is 1. The third-order valence-electron chi connectivity index (χ3n) is 3.51. The van der Waals surface area contributed by atoms with Crippen LogP contribution in [-0.4, -0.2) is 35.7 Å². The van der Waals surface area contributed by atoms with E-state index in [1.807, 2.05) is 24.4 Å². The van der Waals surface area contributed by atoms with Crippen LogP contribution in [0.5, 0.6) is 0 Å². The van der Waals surface area contributed by atoms with Gasteiger partial charge in [0.2, 0.25) is 0 Å². The molecule has 0 N–H and O–H groups in total. The van der Waals surface area contributed by atoms with E-state index in [0.717, 1.165) is 36.7 Å². The van der Waals surface area contributed by atoms with Gasteiger partial charge in [-0.15, -0.1) is 11.6 Å². The average Bonchev–Trinajstić information content (AvgIpc) is 3.02. The molecule has 0 aromatic carbocycles. The first-order chi connectivity index (χ1) is 8.83.